The van der Waals surface area contributed by atoms with Crippen molar-refractivity contribution < 1.29 is 0 Å². The van der Waals surface area contributed by atoms with Crippen molar-refractivity contribution in [1.29, 1.82) is 0 Å². The zero-order valence-corrected chi connectivity index (χ0v) is 14.6. The molecule has 0 unspecified atom stereocenters. The molecule has 0 amide bonds. The molecule has 1 saturated heterocycles. The Hall–Kier alpha value is -2.17. The van der Waals surface area contributed by atoms with E-state index in [-0.39, 0.29) is 0 Å². The lowest BCUT2D eigenvalue weighted by molar-refractivity contribution is 0.167. The van der Waals surface area contributed by atoms with Crippen molar-refractivity contribution in [2.45, 2.75) is 32.4 Å². The third kappa shape index (κ3) is 3.91. The number of aromatic amines is 1. The molecule has 0 spiro atoms. The molecule has 1 aromatic heterocycles. The van der Waals surface area contributed by atoms with Gasteiger partial charge in [-0.1, -0.05) is 30.3 Å². The molecule has 3 aromatic rings. The summed E-state index contributed by atoms with van der Waals surface area (Å²) in [4.78, 5) is 2.60. The number of rotatable bonds is 5. The summed E-state index contributed by atoms with van der Waals surface area (Å²) in [5.74, 6) is 0.732. The SMILES string of the molecule is NCc1cccc(CN2CCC[C@H](Cc3ccc4[nH]ncc4c3)C2)c1. The van der Waals surface area contributed by atoms with Crippen LogP contribution in [0.5, 0.6) is 0 Å². The number of hydrogen-bond donors (Lipinski definition) is 2. The van der Waals surface area contributed by atoms with Crippen LogP contribution in [0.1, 0.15) is 29.5 Å². The summed E-state index contributed by atoms with van der Waals surface area (Å²) in [5.41, 5.74) is 10.9. The first-order chi connectivity index (χ1) is 12.3. The molecule has 1 fully saturated rings. The number of nitrogens with two attached hydrogens (primary N) is 1. The number of piperidine rings is 1. The highest BCUT2D eigenvalue weighted by molar-refractivity contribution is 5.78. The van der Waals surface area contributed by atoms with Gasteiger partial charge in [0.1, 0.15) is 0 Å². The first kappa shape index (κ1) is 16.3. The van der Waals surface area contributed by atoms with Crippen molar-refractivity contribution in [3.8, 4) is 0 Å². The van der Waals surface area contributed by atoms with Gasteiger partial charge in [-0.25, -0.2) is 0 Å². The van der Waals surface area contributed by atoms with Gasteiger partial charge < -0.3 is 5.73 Å². The minimum absolute atomic E-state index is 0.618. The number of fused-ring (bicyclic) bond motifs is 1. The van der Waals surface area contributed by atoms with E-state index in [1.54, 1.807) is 0 Å². The number of H-pyrrole nitrogens is 1. The Bertz CT molecular complexity index is 839. The normalized spacial score (nSPS) is 18.7. The van der Waals surface area contributed by atoms with Crippen LogP contribution >= 0.6 is 0 Å². The van der Waals surface area contributed by atoms with Crippen molar-refractivity contribution in [2.24, 2.45) is 11.7 Å². The van der Waals surface area contributed by atoms with Crippen LogP contribution in [0, 0.1) is 5.92 Å². The Labute approximate surface area is 149 Å². The lowest BCUT2D eigenvalue weighted by Crippen LogP contribution is -2.35. The Morgan fingerprint density at radius 3 is 2.96 bits per heavy atom. The van der Waals surface area contributed by atoms with Gasteiger partial charge in [0.15, 0.2) is 0 Å². The molecular weight excluding hydrogens is 308 g/mol. The molecule has 0 aliphatic carbocycles. The second-order valence-corrected chi connectivity index (χ2v) is 7.26. The van der Waals surface area contributed by atoms with Crippen LogP contribution in [-0.4, -0.2) is 28.2 Å². The predicted octanol–water partition coefficient (Wildman–Crippen LogP) is 3.48. The van der Waals surface area contributed by atoms with Crippen LogP contribution in [0.4, 0.5) is 0 Å². The minimum atomic E-state index is 0.618. The molecule has 4 nitrogen and oxygen atoms in total. The number of nitrogens with zero attached hydrogens (tertiary/aromatic N) is 2. The first-order valence-corrected chi connectivity index (χ1v) is 9.22. The molecule has 4 heteroatoms. The van der Waals surface area contributed by atoms with Gasteiger partial charge in [0, 0.05) is 25.0 Å². The molecule has 25 heavy (non-hydrogen) atoms. The molecule has 0 radical (unpaired) electrons. The molecular formula is C21H26N4. The largest absolute Gasteiger partial charge is 0.326 e. The van der Waals surface area contributed by atoms with Crippen LogP contribution in [0.25, 0.3) is 10.9 Å². The van der Waals surface area contributed by atoms with Crippen LogP contribution < -0.4 is 5.73 Å². The van der Waals surface area contributed by atoms with E-state index in [0.29, 0.717) is 6.54 Å². The maximum absolute atomic E-state index is 5.77. The van der Waals surface area contributed by atoms with Crippen LogP contribution in [0.3, 0.4) is 0 Å². The van der Waals surface area contributed by atoms with Gasteiger partial charge in [0.05, 0.1) is 11.7 Å². The van der Waals surface area contributed by atoms with Gasteiger partial charge in [-0.05, 0) is 60.5 Å². The third-order valence-electron chi connectivity index (χ3n) is 5.27. The molecule has 4 rings (SSSR count). The third-order valence-corrected chi connectivity index (χ3v) is 5.27. The second kappa shape index (κ2) is 7.38. The van der Waals surface area contributed by atoms with Crippen molar-refractivity contribution in [3.05, 3.63) is 65.4 Å². The Kier molecular flexibility index (Phi) is 4.81. The van der Waals surface area contributed by atoms with Crippen molar-refractivity contribution in [1.82, 2.24) is 15.1 Å². The minimum Gasteiger partial charge on any atom is -0.326 e. The van der Waals surface area contributed by atoms with E-state index >= 15 is 0 Å². The molecule has 2 aromatic carbocycles. The summed E-state index contributed by atoms with van der Waals surface area (Å²) in [5, 5.41) is 8.36. The van der Waals surface area contributed by atoms with Crippen molar-refractivity contribution in [3.63, 3.8) is 0 Å². The Balaban J connectivity index is 1.40. The number of hydrogen-bond acceptors (Lipinski definition) is 3. The van der Waals surface area contributed by atoms with Crippen LogP contribution in [0.15, 0.2) is 48.7 Å². The fourth-order valence-corrected chi connectivity index (χ4v) is 4.03. The molecule has 1 atom stereocenters. The van der Waals surface area contributed by atoms with Gasteiger partial charge in [0.25, 0.3) is 0 Å². The summed E-state index contributed by atoms with van der Waals surface area (Å²) >= 11 is 0. The van der Waals surface area contributed by atoms with Crippen molar-refractivity contribution >= 4 is 10.9 Å². The molecule has 0 bridgehead atoms. The highest BCUT2D eigenvalue weighted by atomic mass is 15.1. The maximum atomic E-state index is 5.77. The standard InChI is InChI=1S/C21H26N4/c22-12-17-3-1-4-18(10-17)14-25-8-2-5-19(15-25)9-16-6-7-21-20(11-16)13-23-24-21/h1,3-4,6-7,10-11,13,19H,2,5,8-9,12,14-15,22H2,(H,23,24)/t19-/m1/s1. The van der Waals surface area contributed by atoms with E-state index in [9.17, 15) is 0 Å². The molecule has 0 saturated carbocycles. The topological polar surface area (TPSA) is 57.9 Å². The number of nitrogens with one attached hydrogen (secondary N) is 1. The smallest absolute Gasteiger partial charge is 0.0650 e. The fraction of sp³-hybridized carbons (Fsp3) is 0.381. The summed E-state index contributed by atoms with van der Waals surface area (Å²) in [7, 11) is 0. The van der Waals surface area contributed by atoms with E-state index in [1.165, 1.54) is 48.0 Å². The van der Waals surface area contributed by atoms with Crippen molar-refractivity contribution in [2.75, 3.05) is 13.1 Å². The summed E-state index contributed by atoms with van der Waals surface area (Å²) in [6.07, 6.45) is 5.68. The van der Waals surface area contributed by atoms with E-state index in [2.05, 4.69) is 57.6 Å². The monoisotopic (exact) mass is 334 g/mol. The maximum Gasteiger partial charge on any atom is 0.0650 e. The highest BCUT2D eigenvalue weighted by Crippen LogP contribution is 2.24. The summed E-state index contributed by atoms with van der Waals surface area (Å²) in [6, 6.07) is 15.4. The van der Waals surface area contributed by atoms with Gasteiger partial charge in [-0.15, -0.1) is 0 Å². The van der Waals surface area contributed by atoms with Gasteiger partial charge in [-0.3, -0.25) is 10.00 Å². The summed E-state index contributed by atoms with van der Waals surface area (Å²) in [6.45, 7) is 4.03. The van der Waals surface area contributed by atoms with Gasteiger partial charge >= 0.3 is 0 Å². The van der Waals surface area contributed by atoms with Gasteiger partial charge in [-0.2, -0.15) is 5.10 Å². The fourth-order valence-electron chi connectivity index (χ4n) is 4.03. The number of aromatic nitrogens is 2. The second-order valence-electron chi connectivity index (χ2n) is 7.26. The van der Waals surface area contributed by atoms with E-state index in [1.807, 2.05) is 6.20 Å². The van der Waals surface area contributed by atoms with E-state index in [0.717, 1.165) is 24.4 Å². The zero-order chi connectivity index (χ0) is 17.1. The molecule has 2 heterocycles. The summed E-state index contributed by atoms with van der Waals surface area (Å²) < 4.78 is 0. The molecule has 1 aliphatic rings. The van der Waals surface area contributed by atoms with E-state index in [4.69, 9.17) is 5.73 Å². The van der Waals surface area contributed by atoms with Gasteiger partial charge in [0.2, 0.25) is 0 Å². The molecule has 3 N–H and O–H groups in total. The lowest BCUT2D eigenvalue weighted by atomic mass is 9.90. The lowest BCUT2D eigenvalue weighted by Gasteiger charge is -2.33. The van der Waals surface area contributed by atoms with Crippen LogP contribution in [0.2, 0.25) is 0 Å². The zero-order valence-electron chi connectivity index (χ0n) is 14.6. The molecule has 130 valence electrons. The average Bonchev–Trinajstić information content (AvgIpc) is 3.10. The predicted molar refractivity (Wildman–Crippen MR) is 102 cm³/mol. The average molecular weight is 334 g/mol. The Morgan fingerprint density at radius 2 is 2.04 bits per heavy atom. The highest BCUT2D eigenvalue weighted by Gasteiger charge is 2.20. The van der Waals surface area contributed by atoms with E-state index < -0.39 is 0 Å². The first-order valence-electron chi connectivity index (χ1n) is 9.22. The molecule has 1 aliphatic heterocycles. The quantitative estimate of drug-likeness (QED) is 0.751. The number of likely N-dealkylation sites (tertiary alicyclic amines) is 1. The van der Waals surface area contributed by atoms with Crippen LogP contribution in [-0.2, 0) is 19.5 Å². The number of benzene rings is 2. The Morgan fingerprint density at radius 1 is 1.12 bits per heavy atom.